The van der Waals surface area contributed by atoms with Gasteiger partial charge in [0.1, 0.15) is 5.82 Å². The molecule has 2 rings (SSSR count). The molecule has 3 atom stereocenters. The lowest BCUT2D eigenvalue weighted by Gasteiger charge is -2.40. The van der Waals surface area contributed by atoms with Gasteiger partial charge in [-0.1, -0.05) is 38.2 Å². The fourth-order valence-corrected chi connectivity index (χ4v) is 3.60. The first kappa shape index (κ1) is 15.4. The van der Waals surface area contributed by atoms with E-state index in [9.17, 15) is 4.39 Å². The van der Waals surface area contributed by atoms with Crippen LogP contribution in [0.15, 0.2) is 18.2 Å². The number of piperidine rings is 1. The van der Waals surface area contributed by atoms with Gasteiger partial charge in [0.25, 0.3) is 0 Å². The molecule has 1 aromatic carbocycles. The van der Waals surface area contributed by atoms with Crippen molar-refractivity contribution in [2.24, 2.45) is 17.6 Å². The number of hydrogen-bond donors (Lipinski definition) is 1. The van der Waals surface area contributed by atoms with E-state index in [0.717, 1.165) is 18.7 Å². The third-order valence-corrected chi connectivity index (χ3v) is 4.25. The largest absolute Gasteiger partial charge is 0.392 e. The van der Waals surface area contributed by atoms with Crippen LogP contribution in [0.2, 0.25) is 0 Å². The van der Waals surface area contributed by atoms with Crippen molar-refractivity contribution >= 4 is 17.2 Å². The van der Waals surface area contributed by atoms with E-state index in [0.29, 0.717) is 22.4 Å². The maximum absolute atomic E-state index is 13.5. The Labute approximate surface area is 126 Å². The van der Waals surface area contributed by atoms with Crippen molar-refractivity contribution < 1.29 is 4.39 Å². The Morgan fingerprint density at radius 3 is 2.45 bits per heavy atom. The van der Waals surface area contributed by atoms with Crippen LogP contribution in [0, 0.1) is 24.6 Å². The summed E-state index contributed by atoms with van der Waals surface area (Å²) in [5.41, 5.74) is 7.61. The summed E-state index contributed by atoms with van der Waals surface area (Å²) in [7, 11) is 0. The van der Waals surface area contributed by atoms with E-state index >= 15 is 0 Å². The van der Waals surface area contributed by atoms with Crippen molar-refractivity contribution in [3.63, 3.8) is 0 Å². The molecule has 0 spiro atoms. The Hall–Kier alpha value is -1.00. The number of benzene rings is 1. The second kappa shape index (κ2) is 6.19. The van der Waals surface area contributed by atoms with Gasteiger partial charge in [-0.2, -0.15) is 0 Å². The molecule has 0 bridgehead atoms. The number of rotatable bonds is 3. The maximum atomic E-state index is 13.5. The summed E-state index contributed by atoms with van der Waals surface area (Å²) in [6, 6.07) is 5.08. The van der Waals surface area contributed by atoms with E-state index in [2.05, 4.69) is 18.7 Å². The molecule has 4 heteroatoms. The van der Waals surface area contributed by atoms with Gasteiger partial charge in [-0.25, -0.2) is 4.39 Å². The summed E-state index contributed by atoms with van der Waals surface area (Å²) in [6.07, 6.45) is 1.24. The van der Waals surface area contributed by atoms with Crippen molar-refractivity contribution in [1.29, 1.82) is 0 Å². The predicted molar refractivity (Wildman–Crippen MR) is 85.2 cm³/mol. The smallest absolute Gasteiger partial charge is 0.126 e. The second-order valence-corrected chi connectivity index (χ2v) is 6.68. The minimum atomic E-state index is -0.184. The first-order valence-corrected chi connectivity index (χ1v) is 7.58. The van der Waals surface area contributed by atoms with Crippen molar-refractivity contribution in [1.82, 2.24) is 4.90 Å². The molecule has 1 aliphatic rings. The number of likely N-dealkylation sites (tertiary alicyclic amines) is 1. The van der Waals surface area contributed by atoms with Crippen molar-refractivity contribution in [3.8, 4) is 0 Å². The average molecular weight is 294 g/mol. The molecule has 2 nitrogen and oxygen atoms in total. The summed E-state index contributed by atoms with van der Waals surface area (Å²) >= 11 is 5.28. The van der Waals surface area contributed by atoms with Gasteiger partial charge in [0.05, 0.1) is 11.0 Å². The third kappa shape index (κ3) is 3.36. The van der Waals surface area contributed by atoms with Crippen LogP contribution in [0.5, 0.6) is 0 Å². The highest BCUT2D eigenvalue weighted by atomic mass is 32.1. The molecule has 1 aliphatic heterocycles. The molecule has 1 aromatic rings. The lowest BCUT2D eigenvalue weighted by atomic mass is 9.89. The molecule has 1 heterocycles. The van der Waals surface area contributed by atoms with Crippen molar-refractivity contribution in [3.05, 3.63) is 35.1 Å². The van der Waals surface area contributed by atoms with Crippen LogP contribution in [-0.2, 0) is 0 Å². The highest BCUT2D eigenvalue weighted by Gasteiger charge is 2.30. The summed E-state index contributed by atoms with van der Waals surface area (Å²) < 4.78 is 13.5. The van der Waals surface area contributed by atoms with Crippen molar-refractivity contribution in [2.75, 3.05) is 13.1 Å². The lowest BCUT2D eigenvalue weighted by molar-refractivity contribution is 0.122. The fourth-order valence-electron chi connectivity index (χ4n) is 3.31. The Kier molecular flexibility index (Phi) is 4.76. The summed E-state index contributed by atoms with van der Waals surface area (Å²) in [5, 5.41) is 0. The standard InChI is InChI=1S/C16H23FN2S/c1-10-6-11(2)9-19(8-10)15(16(18)20)13-4-5-14(17)12(3)7-13/h4-5,7,10-11,15H,6,8-9H2,1-3H3,(H2,18,20). The second-order valence-electron chi connectivity index (χ2n) is 6.21. The molecule has 0 aliphatic carbocycles. The summed E-state index contributed by atoms with van der Waals surface area (Å²) in [5.74, 6) is 1.09. The zero-order valence-electron chi connectivity index (χ0n) is 12.4. The molecule has 110 valence electrons. The molecule has 0 radical (unpaired) electrons. The molecule has 20 heavy (non-hydrogen) atoms. The van der Waals surface area contributed by atoms with Crippen LogP contribution in [0.1, 0.15) is 37.4 Å². The monoisotopic (exact) mass is 294 g/mol. The zero-order valence-corrected chi connectivity index (χ0v) is 13.2. The van der Waals surface area contributed by atoms with Gasteiger partial charge in [-0.15, -0.1) is 0 Å². The lowest BCUT2D eigenvalue weighted by Crippen LogP contribution is -2.45. The Bertz CT molecular complexity index is 493. The van der Waals surface area contributed by atoms with E-state index in [-0.39, 0.29) is 11.9 Å². The molecule has 0 amide bonds. The third-order valence-electron chi connectivity index (χ3n) is 4.03. The van der Waals surface area contributed by atoms with Gasteiger partial charge in [-0.05, 0) is 42.4 Å². The van der Waals surface area contributed by atoms with Crippen LogP contribution < -0.4 is 5.73 Å². The van der Waals surface area contributed by atoms with Crippen LogP contribution in [-0.4, -0.2) is 23.0 Å². The normalized spacial score (nSPS) is 25.4. The van der Waals surface area contributed by atoms with Gasteiger partial charge in [0.2, 0.25) is 0 Å². The summed E-state index contributed by atoms with van der Waals surface area (Å²) in [6.45, 7) is 8.27. The maximum Gasteiger partial charge on any atom is 0.126 e. The summed E-state index contributed by atoms with van der Waals surface area (Å²) in [4.78, 5) is 2.81. The molecule has 1 fully saturated rings. The molecular formula is C16H23FN2S. The van der Waals surface area contributed by atoms with Crippen LogP contribution in [0.3, 0.4) is 0 Å². The highest BCUT2D eigenvalue weighted by molar-refractivity contribution is 7.80. The van der Waals surface area contributed by atoms with Crippen molar-refractivity contribution in [2.45, 2.75) is 33.2 Å². The van der Waals surface area contributed by atoms with Crippen LogP contribution >= 0.6 is 12.2 Å². The number of aryl methyl sites for hydroxylation is 1. The van der Waals surface area contributed by atoms with E-state index in [4.69, 9.17) is 18.0 Å². The zero-order chi connectivity index (χ0) is 14.9. The van der Waals surface area contributed by atoms with E-state index < -0.39 is 0 Å². The van der Waals surface area contributed by atoms with E-state index in [1.165, 1.54) is 12.5 Å². The minimum absolute atomic E-state index is 0.0884. The molecular weight excluding hydrogens is 271 g/mol. The molecule has 0 aromatic heterocycles. The SMILES string of the molecule is Cc1cc(C(C(N)=S)N2CC(C)CC(C)C2)ccc1F. The topological polar surface area (TPSA) is 29.3 Å². The van der Waals surface area contributed by atoms with Gasteiger partial charge < -0.3 is 5.73 Å². The number of thiocarbonyl (C=S) groups is 1. The molecule has 2 N–H and O–H groups in total. The average Bonchev–Trinajstić information content (AvgIpc) is 2.32. The Morgan fingerprint density at radius 1 is 1.35 bits per heavy atom. The number of halogens is 1. The molecule has 0 saturated carbocycles. The van der Waals surface area contributed by atoms with E-state index in [1.807, 2.05) is 6.07 Å². The molecule has 3 unspecified atom stereocenters. The van der Waals surface area contributed by atoms with Gasteiger partial charge in [0.15, 0.2) is 0 Å². The number of nitrogens with two attached hydrogens (primary N) is 1. The predicted octanol–water partition coefficient (Wildman–Crippen LogP) is 3.44. The van der Waals surface area contributed by atoms with Crippen LogP contribution in [0.4, 0.5) is 4.39 Å². The number of hydrogen-bond acceptors (Lipinski definition) is 2. The van der Waals surface area contributed by atoms with Crippen LogP contribution in [0.25, 0.3) is 0 Å². The quantitative estimate of drug-likeness (QED) is 0.866. The van der Waals surface area contributed by atoms with Gasteiger partial charge in [-0.3, -0.25) is 4.90 Å². The van der Waals surface area contributed by atoms with E-state index in [1.54, 1.807) is 13.0 Å². The minimum Gasteiger partial charge on any atom is -0.392 e. The van der Waals surface area contributed by atoms with Gasteiger partial charge in [0, 0.05) is 13.1 Å². The van der Waals surface area contributed by atoms with Gasteiger partial charge >= 0.3 is 0 Å². The Balaban J connectivity index is 2.30. The molecule has 1 saturated heterocycles. The fraction of sp³-hybridized carbons (Fsp3) is 0.562. The first-order chi connectivity index (χ1) is 9.38. The number of nitrogens with zero attached hydrogens (tertiary/aromatic N) is 1. The highest BCUT2D eigenvalue weighted by Crippen LogP contribution is 2.30. The Morgan fingerprint density at radius 2 is 1.95 bits per heavy atom. The first-order valence-electron chi connectivity index (χ1n) is 7.18.